The van der Waals surface area contributed by atoms with Crippen LogP contribution in [0.2, 0.25) is 0 Å². The molecule has 2 aliphatic rings. The maximum atomic E-state index is 13.1. The number of sulfonamides is 1. The highest BCUT2D eigenvalue weighted by Crippen LogP contribution is 2.30. The molecular formula is C22H35N3O4S2. The number of carbonyl (C=O) groups excluding carboxylic acids is 2. The number of aryl methyl sites for hydroxylation is 1. The number of unbranched alkanes of at least 4 members (excludes halogenated alkanes) is 1. The Morgan fingerprint density at radius 3 is 2.45 bits per heavy atom. The maximum Gasteiger partial charge on any atom is 0.252 e. The third-order valence-electron chi connectivity index (χ3n) is 6.42. The Morgan fingerprint density at radius 1 is 1.13 bits per heavy atom. The first-order chi connectivity index (χ1) is 14.7. The van der Waals surface area contributed by atoms with Crippen molar-refractivity contribution in [1.29, 1.82) is 0 Å². The van der Waals surface area contributed by atoms with Crippen LogP contribution in [0.5, 0.6) is 0 Å². The lowest BCUT2D eigenvalue weighted by atomic mass is 9.92. The molecule has 3 rings (SSSR count). The molecule has 2 fully saturated rings. The van der Waals surface area contributed by atoms with Crippen LogP contribution in [0.1, 0.15) is 50.3 Å². The van der Waals surface area contributed by atoms with Crippen molar-refractivity contribution in [3.8, 4) is 0 Å². The zero-order valence-electron chi connectivity index (χ0n) is 18.9. The van der Waals surface area contributed by atoms with E-state index in [0.29, 0.717) is 49.5 Å². The van der Waals surface area contributed by atoms with Crippen molar-refractivity contribution in [2.24, 2.45) is 11.8 Å². The van der Waals surface area contributed by atoms with Crippen LogP contribution in [0.25, 0.3) is 0 Å². The highest BCUT2D eigenvalue weighted by atomic mass is 32.2. The van der Waals surface area contributed by atoms with Gasteiger partial charge in [-0.15, -0.1) is 11.3 Å². The summed E-state index contributed by atoms with van der Waals surface area (Å²) in [5.74, 6) is -0.102. The largest absolute Gasteiger partial charge is 0.346 e. The summed E-state index contributed by atoms with van der Waals surface area (Å²) >= 11 is 1.28. The van der Waals surface area contributed by atoms with E-state index in [4.69, 9.17) is 0 Å². The summed E-state index contributed by atoms with van der Waals surface area (Å²) in [6.45, 7) is 6.64. The molecule has 0 saturated carbocycles. The van der Waals surface area contributed by atoms with Crippen LogP contribution in [-0.2, 0) is 19.6 Å². The Labute approximate surface area is 190 Å². The summed E-state index contributed by atoms with van der Waals surface area (Å²) in [6.07, 6.45) is 4.84. The van der Waals surface area contributed by atoms with Gasteiger partial charge < -0.3 is 9.80 Å². The average Bonchev–Trinajstić information content (AvgIpc) is 3.23. The van der Waals surface area contributed by atoms with Crippen LogP contribution >= 0.6 is 11.3 Å². The fraction of sp³-hybridized carbons (Fsp3) is 0.727. The van der Waals surface area contributed by atoms with Crippen LogP contribution in [0, 0.1) is 18.8 Å². The summed E-state index contributed by atoms with van der Waals surface area (Å²) in [7, 11) is -1.68. The van der Waals surface area contributed by atoms with Crippen LogP contribution in [0.3, 0.4) is 0 Å². The van der Waals surface area contributed by atoms with Gasteiger partial charge in [0.2, 0.25) is 11.8 Å². The van der Waals surface area contributed by atoms with E-state index in [2.05, 4.69) is 6.92 Å². The number of thiophene rings is 1. The summed E-state index contributed by atoms with van der Waals surface area (Å²) in [6, 6.07) is 3.47. The molecule has 31 heavy (non-hydrogen) atoms. The third-order valence-corrected chi connectivity index (χ3v) is 9.76. The summed E-state index contributed by atoms with van der Waals surface area (Å²) < 4.78 is 27.8. The fourth-order valence-corrected chi connectivity index (χ4v) is 7.42. The number of carbonyl (C=O) groups is 2. The Morgan fingerprint density at radius 2 is 1.84 bits per heavy atom. The molecule has 0 aromatic carbocycles. The molecule has 1 atom stereocenters. The summed E-state index contributed by atoms with van der Waals surface area (Å²) in [5, 5.41) is 0. The van der Waals surface area contributed by atoms with Gasteiger partial charge in [-0.3, -0.25) is 9.59 Å². The second-order valence-electron chi connectivity index (χ2n) is 8.78. The molecule has 174 valence electrons. The molecular weight excluding hydrogens is 434 g/mol. The SMILES string of the molecule is CCCCN(C)C(=O)C1CCN(C(=O)[C@H]2CCCN(S(=O)(=O)c3ccc(C)s3)C2)CC1. The maximum absolute atomic E-state index is 13.1. The topological polar surface area (TPSA) is 78.0 Å². The number of hydrogen-bond acceptors (Lipinski definition) is 5. The standard InChI is InChI=1S/C22H35N3O4S2/c1-4-5-12-23(3)21(26)18-10-14-24(15-11-18)22(27)19-7-6-13-25(16-19)31(28,29)20-9-8-17(2)30-20/h8-9,18-19H,4-7,10-16H2,1-3H3/t19-/m0/s1. The van der Waals surface area contributed by atoms with Gasteiger partial charge in [-0.2, -0.15) is 4.31 Å². The Kier molecular flexibility index (Phi) is 8.15. The number of piperidine rings is 2. The Hall–Kier alpha value is -1.45. The van der Waals surface area contributed by atoms with Crippen molar-refractivity contribution in [2.45, 2.75) is 56.6 Å². The van der Waals surface area contributed by atoms with Crippen LogP contribution in [0.15, 0.2) is 16.3 Å². The summed E-state index contributed by atoms with van der Waals surface area (Å²) in [5.41, 5.74) is 0. The highest BCUT2D eigenvalue weighted by Gasteiger charge is 2.37. The predicted octanol–water partition coefficient (Wildman–Crippen LogP) is 2.95. The van der Waals surface area contributed by atoms with Gasteiger partial charge in [0.05, 0.1) is 5.92 Å². The zero-order valence-corrected chi connectivity index (χ0v) is 20.5. The van der Waals surface area contributed by atoms with Crippen molar-refractivity contribution in [3.63, 3.8) is 0 Å². The molecule has 0 aliphatic carbocycles. The zero-order chi connectivity index (χ0) is 22.6. The molecule has 2 saturated heterocycles. The van der Waals surface area contributed by atoms with Crippen LogP contribution in [0.4, 0.5) is 0 Å². The van der Waals surface area contributed by atoms with E-state index in [1.165, 1.54) is 15.6 Å². The van der Waals surface area contributed by atoms with Gasteiger partial charge in [-0.05, 0) is 51.2 Å². The highest BCUT2D eigenvalue weighted by molar-refractivity contribution is 7.91. The first-order valence-corrected chi connectivity index (χ1v) is 13.6. The number of hydrogen-bond donors (Lipinski definition) is 0. The lowest BCUT2D eigenvalue weighted by Crippen LogP contribution is -2.49. The van der Waals surface area contributed by atoms with E-state index in [-0.39, 0.29) is 30.2 Å². The van der Waals surface area contributed by atoms with Gasteiger partial charge in [-0.25, -0.2) is 8.42 Å². The number of amides is 2. The minimum absolute atomic E-state index is 0.0174. The molecule has 0 radical (unpaired) electrons. The van der Waals surface area contributed by atoms with Gasteiger partial charge in [0.15, 0.2) is 0 Å². The molecule has 9 heteroatoms. The lowest BCUT2D eigenvalue weighted by Gasteiger charge is -2.37. The monoisotopic (exact) mass is 469 g/mol. The van der Waals surface area contributed by atoms with Crippen molar-refractivity contribution in [2.75, 3.05) is 39.8 Å². The number of rotatable bonds is 7. The second-order valence-corrected chi connectivity index (χ2v) is 12.2. The molecule has 2 amide bonds. The van der Waals surface area contributed by atoms with Crippen molar-refractivity contribution >= 4 is 33.2 Å². The molecule has 7 nitrogen and oxygen atoms in total. The predicted molar refractivity (Wildman–Crippen MR) is 122 cm³/mol. The minimum atomic E-state index is -3.54. The molecule has 0 N–H and O–H groups in total. The Balaban J connectivity index is 1.55. The van der Waals surface area contributed by atoms with E-state index in [0.717, 1.165) is 24.3 Å². The normalized spacial score (nSPS) is 21.3. The fourth-order valence-electron chi connectivity index (χ4n) is 4.46. The summed E-state index contributed by atoms with van der Waals surface area (Å²) in [4.78, 5) is 30.4. The first kappa shape index (κ1) is 24.2. The van der Waals surface area contributed by atoms with Crippen LogP contribution < -0.4 is 0 Å². The average molecular weight is 470 g/mol. The molecule has 3 heterocycles. The molecule has 2 aliphatic heterocycles. The van der Waals surface area contributed by atoms with Crippen molar-refractivity contribution < 1.29 is 18.0 Å². The lowest BCUT2D eigenvalue weighted by molar-refractivity contribution is -0.142. The number of likely N-dealkylation sites (tertiary alicyclic amines) is 1. The third kappa shape index (κ3) is 5.68. The van der Waals surface area contributed by atoms with Gasteiger partial charge in [0.25, 0.3) is 10.0 Å². The van der Waals surface area contributed by atoms with E-state index in [1.54, 1.807) is 6.07 Å². The minimum Gasteiger partial charge on any atom is -0.346 e. The number of nitrogens with zero attached hydrogens (tertiary/aromatic N) is 3. The molecule has 0 spiro atoms. The first-order valence-electron chi connectivity index (χ1n) is 11.3. The van der Waals surface area contributed by atoms with Crippen molar-refractivity contribution in [3.05, 3.63) is 17.0 Å². The Bertz CT molecular complexity index is 875. The quantitative estimate of drug-likeness (QED) is 0.615. The van der Waals surface area contributed by atoms with E-state index >= 15 is 0 Å². The van der Waals surface area contributed by atoms with Gasteiger partial charge in [0, 0.05) is 50.6 Å². The van der Waals surface area contributed by atoms with E-state index < -0.39 is 10.0 Å². The van der Waals surface area contributed by atoms with Gasteiger partial charge >= 0.3 is 0 Å². The van der Waals surface area contributed by atoms with E-state index in [9.17, 15) is 18.0 Å². The van der Waals surface area contributed by atoms with Gasteiger partial charge in [0.1, 0.15) is 4.21 Å². The molecule has 1 aromatic heterocycles. The van der Waals surface area contributed by atoms with Crippen LogP contribution in [-0.4, -0.2) is 74.1 Å². The van der Waals surface area contributed by atoms with Crippen molar-refractivity contribution in [1.82, 2.24) is 14.1 Å². The molecule has 0 unspecified atom stereocenters. The second kappa shape index (κ2) is 10.4. The molecule has 0 bridgehead atoms. The van der Waals surface area contributed by atoms with E-state index in [1.807, 2.05) is 29.8 Å². The van der Waals surface area contributed by atoms with Gasteiger partial charge in [-0.1, -0.05) is 13.3 Å². The molecule has 1 aromatic rings. The smallest absolute Gasteiger partial charge is 0.252 e.